The molecule has 1 aromatic carbocycles. The van der Waals surface area contributed by atoms with Crippen molar-refractivity contribution in [3.8, 4) is 11.4 Å². The van der Waals surface area contributed by atoms with Gasteiger partial charge < -0.3 is 15.4 Å². The predicted octanol–water partition coefficient (Wildman–Crippen LogP) is 3.13. The number of hydrogen-bond donors (Lipinski definition) is 2. The van der Waals surface area contributed by atoms with E-state index >= 15 is 0 Å². The average molecular weight is 524 g/mol. The number of rotatable bonds is 10. The molecule has 0 bridgehead atoms. The Labute approximate surface area is 221 Å². The zero-order chi connectivity index (χ0) is 27.1. The van der Waals surface area contributed by atoms with Gasteiger partial charge in [-0.05, 0) is 80.0 Å². The molecular formula is C27H34FN7O3. The minimum atomic E-state index is -0.338. The average Bonchev–Trinajstić information content (AvgIpc) is 3.37. The molecule has 0 aliphatic heterocycles. The molecule has 0 spiro atoms. The first kappa shape index (κ1) is 27.3. The molecule has 0 saturated heterocycles. The van der Waals surface area contributed by atoms with Crippen LogP contribution < -0.4 is 10.6 Å². The number of aromatic nitrogens is 5. The fourth-order valence-corrected chi connectivity index (χ4v) is 4.65. The quantitative estimate of drug-likeness (QED) is 0.418. The van der Waals surface area contributed by atoms with E-state index in [2.05, 4.69) is 31.0 Å². The van der Waals surface area contributed by atoms with E-state index < -0.39 is 0 Å². The zero-order valence-electron chi connectivity index (χ0n) is 22.0. The van der Waals surface area contributed by atoms with Crippen molar-refractivity contribution in [3.05, 3.63) is 58.7 Å². The van der Waals surface area contributed by atoms with Crippen LogP contribution in [0.25, 0.3) is 11.4 Å². The second-order valence-electron chi connectivity index (χ2n) is 9.84. The van der Waals surface area contributed by atoms with Crippen LogP contribution >= 0.6 is 0 Å². The zero-order valence-corrected chi connectivity index (χ0v) is 22.0. The standard InChI is InChI=1S/C27H34FN7O3/c1-17-12-20(6-9-23(17)28)15-29-27(37)24-14-21(13-18(2)30-24)26-32-34-35(33-26)16-19-4-7-22(8-5-19)31-25(36)10-11-38-3/h6,9,12-14,19,22H,4-5,7-8,10-11,15-16H2,1-3H3,(H,29,37)(H,31,36)/t19-,22-. The van der Waals surface area contributed by atoms with Crippen molar-refractivity contribution in [1.82, 2.24) is 35.8 Å². The molecule has 2 heterocycles. The van der Waals surface area contributed by atoms with Crippen molar-refractivity contribution in [2.45, 2.75) is 65.1 Å². The van der Waals surface area contributed by atoms with Crippen LogP contribution in [0, 0.1) is 25.6 Å². The molecule has 1 aliphatic rings. The number of benzene rings is 1. The molecule has 0 atom stereocenters. The summed E-state index contributed by atoms with van der Waals surface area (Å²) in [7, 11) is 1.59. The molecule has 0 radical (unpaired) electrons. The third kappa shape index (κ3) is 7.41. The number of carbonyl (C=O) groups excluding carboxylic acids is 2. The molecule has 3 aromatic rings. The lowest BCUT2D eigenvalue weighted by Gasteiger charge is -2.28. The number of hydrogen-bond acceptors (Lipinski definition) is 7. The van der Waals surface area contributed by atoms with E-state index in [4.69, 9.17) is 4.74 Å². The van der Waals surface area contributed by atoms with Gasteiger partial charge in [0.15, 0.2) is 0 Å². The maximum Gasteiger partial charge on any atom is 0.270 e. The van der Waals surface area contributed by atoms with Crippen LogP contribution in [0.4, 0.5) is 4.39 Å². The normalized spacial score (nSPS) is 17.3. The highest BCUT2D eigenvalue weighted by Gasteiger charge is 2.23. The van der Waals surface area contributed by atoms with Crippen LogP contribution in [-0.2, 0) is 22.6 Å². The molecule has 1 fully saturated rings. The monoisotopic (exact) mass is 523 g/mol. The van der Waals surface area contributed by atoms with Crippen LogP contribution in [0.2, 0.25) is 0 Å². The van der Waals surface area contributed by atoms with E-state index in [1.165, 1.54) is 6.07 Å². The summed E-state index contributed by atoms with van der Waals surface area (Å²) in [6.45, 7) is 4.83. The second kappa shape index (κ2) is 12.7. The van der Waals surface area contributed by atoms with E-state index in [1.807, 2.05) is 6.07 Å². The van der Waals surface area contributed by atoms with Crippen molar-refractivity contribution in [2.75, 3.05) is 13.7 Å². The van der Waals surface area contributed by atoms with E-state index in [0.717, 1.165) is 31.2 Å². The number of tetrazole rings is 1. The van der Waals surface area contributed by atoms with Gasteiger partial charge in [-0.2, -0.15) is 4.80 Å². The Morgan fingerprint density at radius 1 is 1.13 bits per heavy atom. The molecule has 0 unspecified atom stereocenters. The predicted molar refractivity (Wildman–Crippen MR) is 138 cm³/mol. The van der Waals surface area contributed by atoms with Gasteiger partial charge in [-0.1, -0.05) is 12.1 Å². The number of methoxy groups -OCH3 is 1. The number of halogens is 1. The Morgan fingerprint density at radius 3 is 2.66 bits per heavy atom. The highest BCUT2D eigenvalue weighted by molar-refractivity contribution is 5.93. The lowest BCUT2D eigenvalue weighted by atomic mass is 9.86. The van der Waals surface area contributed by atoms with Crippen LogP contribution in [0.5, 0.6) is 0 Å². The lowest BCUT2D eigenvalue weighted by molar-refractivity contribution is -0.122. The first-order chi connectivity index (χ1) is 18.3. The fraction of sp³-hybridized carbons (Fsp3) is 0.481. The third-order valence-electron chi connectivity index (χ3n) is 6.74. The second-order valence-corrected chi connectivity index (χ2v) is 9.84. The van der Waals surface area contributed by atoms with Gasteiger partial charge in [0, 0.05) is 37.4 Å². The van der Waals surface area contributed by atoms with Gasteiger partial charge in [-0.15, -0.1) is 10.2 Å². The van der Waals surface area contributed by atoms with Crippen molar-refractivity contribution >= 4 is 11.8 Å². The molecule has 2 N–H and O–H groups in total. The first-order valence-electron chi connectivity index (χ1n) is 12.9. The van der Waals surface area contributed by atoms with Crippen molar-refractivity contribution in [1.29, 1.82) is 0 Å². The maximum atomic E-state index is 13.5. The lowest BCUT2D eigenvalue weighted by Crippen LogP contribution is -2.38. The van der Waals surface area contributed by atoms with Crippen LogP contribution in [-0.4, -0.2) is 56.8 Å². The minimum absolute atomic E-state index is 0.0316. The Morgan fingerprint density at radius 2 is 1.92 bits per heavy atom. The van der Waals surface area contributed by atoms with E-state index in [-0.39, 0.29) is 35.9 Å². The summed E-state index contributed by atoms with van der Waals surface area (Å²) in [6, 6.07) is 8.41. The number of pyridine rings is 1. The van der Waals surface area contributed by atoms with Crippen LogP contribution in [0.15, 0.2) is 30.3 Å². The summed E-state index contributed by atoms with van der Waals surface area (Å²) >= 11 is 0. The number of ether oxygens (including phenoxy) is 1. The summed E-state index contributed by atoms with van der Waals surface area (Å²) in [5, 5.41) is 18.9. The fourth-order valence-electron chi connectivity index (χ4n) is 4.65. The minimum Gasteiger partial charge on any atom is -0.384 e. The number of nitrogens with zero attached hydrogens (tertiary/aromatic N) is 5. The molecule has 2 amide bonds. The summed E-state index contributed by atoms with van der Waals surface area (Å²) in [6.07, 6.45) is 4.17. The number of carbonyl (C=O) groups is 2. The summed E-state index contributed by atoms with van der Waals surface area (Å²) in [5.74, 6) is 0.248. The molecule has 11 heteroatoms. The molecular weight excluding hydrogens is 489 g/mol. The molecule has 4 rings (SSSR count). The first-order valence-corrected chi connectivity index (χ1v) is 12.9. The SMILES string of the molecule is COCCC(=O)N[C@H]1CC[C@H](Cn2nnc(-c3cc(C)nc(C(=O)NCc4ccc(F)c(C)c4)c3)n2)CC1. The summed E-state index contributed by atoms with van der Waals surface area (Å²) in [4.78, 5) is 30.7. The van der Waals surface area contributed by atoms with Crippen molar-refractivity contribution in [2.24, 2.45) is 5.92 Å². The molecule has 38 heavy (non-hydrogen) atoms. The van der Waals surface area contributed by atoms with E-state index in [1.54, 1.807) is 44.0 Å². The molecule has 1 aliphatic carbocycles. The Hall–Kier alpha value is -3.73. The number of amides is 2. The van der Waals surface area contributed by atoms with Gasteiger partial charge in [-0.25, -0.2) is 9.37 Å². The molecule has 2 aromatic heterocycles. The van der Waals surface area contributed by atoms with Crippen molar-refractivity contribution in [3.63, 3.8) is 0 Å². The van der Waals surface area contributed by atoms with E-state index in [0.29, 0.717) is 48.1 Å². The van der Waals surface area contributed by atoms with Crippen molar-refractivity contribution < 1.29 is 18.7 Å². The maximum absolute atomic E-state index is 13.5. The number of aryl methyl sites for hydroxylation is 2. The van der Waals surface area contributed by atoms with Gasteiger partial charge in [-0.3, -0.25) is 9.59 Å². The largest absolute Gasteiger partial charge is 0.384 e. The molecule has 10 nitrogen and oxygen atoms in total. The van der Waals surface area contributed by atoms with Gasteiger partial charge in [0.1, 0.15) is 11.5 Å². The summed E-state index contributed by atoms with van der Waals surface area (Å²) < 4.78 is 18.5. The highest BCUT2D eigenvalue weighted by atomic mass is 19.1. The third-order valence-corrected chi connectivity index (χ3v) is 6.74. The Balaban J connectivity index is 1.32. The topological polar surface area (TPSA) is 124 Å². The Kier molecular flexibility index (Phi) is 9.11. The van der Waals surface area contributed by atoms with Gasteiger partial charge in [0.25, 0.3) is 5.91 Å². The smallest absolute Gasteiger partial charge is 0.270 e. The van der Waals surface area contributed by atoms with Gasteiger partial charge in [0.05, 0.1) is 13.2 Å². The molecule has 202 valence electrons. The molecule has 1 saturated carbocycles. The van der Waals surface area contributed by atoms with Gasteiger partial charge in [0.2, 0.25) is 11.7 Å². The van der Waals surface area contributed by atoms with Crippen LogP contribution in [0.1, 0.15) is 59.4 Å². The summed E-state index contributed by atoms with van der Waals surface area (Å²) in [5.41, 5.74) is 2.90. The Bertz CT molecular complexity index is 1270. The van der Waals surface area contributed by atoms with E-state index in [9.17, 15) is 14.0 Å². The highest BCUT2D eigenvalue weighted by Crippen LogP contribution is 2.26. The van der Waals surface area contributed by atoms with Crippen LogP contribution in [0.3, 0.4) is 0 Å². The van der Waals surface area contributed by atoms with Gasteiger partial charge >= 0.3 is 0 Å². The number of nitrogens with one attached hydrogen (secondary N) is 2.